The van der Waals surface area contributed by atoms with Crippen LogP contribution in [-0.2, 0) is 5.75 Å². The highest BCUT2D eigenvalue weighted by atomic mass is 32.2. The Morgan fingerprint density at radius 2 is 1.91 bits per heavy atom. The summed E-state index contributed by atoms with van der Waals surface area (Å²) in [7, 11) is 0. The van der Waals surface area contributed by atoms with Gasteiger partial charge in [0.05, 0.1) is 17.8 Å². The van der Waals surface area contributed by atoms with E-state index in [0.29, 0.717) is 17.0 Å². The molecule has 0 unspecified atom stereocenters. The van der Waals surface area contributed by atoms with E-state index in [-0.39, 0.29) is 22.6 Å². The summed E-state index contributed by atoms with van der Waals surface area (Å²) in [6.07, 6.45) is 4.26. The van der Waals surface area contributed by atoms with E-state index >= 15 is 0 Å². The number of hydrogen-bond donors (Lipinski definition) is 2. The zero-order valence-electron chi connectivity index (χ0n) is 17.2. The van der Waals surface area contributed by atoms with Gasteiger partial charge in [0.1, 0.15) is 22.9 Å². The van der Waals surface area contributed by atoms with Gasteiger partial charge in [-0.25, -0.2) is 23.1 Å². The number of rotatable bonds is 5. The van der Waals surface area contributed by atoms with Crippen molar-refractivity contribution < 1.29 is 17.6 Å². The molecule has 0 spiro atoms. The number of anilines is 2. The predicted octanol–water partition coefficient (Wildman–Crippen LogP) is 5.84. The van der Waals surface area contributed by atoms with E-state index in [0.717, 1.165) is 11.8 Å². The third-order valence-corrected chi connectivity index (χ3v) is 4.85. The van der Waals surface area contributed by atoms with E-state index in [1.807, 2.05) is 6.26 Å². The molecule has 4 rings (SSSR count). The van der Waals surface area contributed by atoms with Crippen molar-refractivity contribution in [1.29, 1.82) is 0 Å². The highest BCUT2D eigenvalue weighted by Crippen LogP contribution is 2.32. The summed E-state index contributed by atoms with van der Waals surface area (Å²) < 4.78 is 47.4. The number of nitrogens with two attached hydrogens (primary N) is 1. The van der Waals surface area contributed by atoms with Crippen molar-refractivity contribution in [2.75, 3.05) is 11.6 Å². The molecule has 0 fully saturated rings. The van der Waals surface area contributed by atoms with Gasteiger partial charge in [0, 0.05) is 23.0 Å². The normalized spacial score (nSPS) is 10.2. The minimum absolute atomic E-state index is 0.0433. The Kier molecular flexibility index (Phi) is 7.63. The van der Waals surface area contributed by atoms with E-state index in [1.54, 1.807) is 24.8 Å². The maximum absolute atomic E-state index is 14.4. The van der Waals surface area contributed by atoms with Crippen LogP contribution in [-0.4, -0.2) is 16.2 Å². The van der Waals surface area contributed by atoms with Crippen molar-refractivity contribution in [2.45, 2.75) is 12.7 Å². The van der Waals surface area contributed by atoms with Crippen molar-refractivity contribution in [3.05, 3.63) is 71.9 Å². The fraction of sp³-hybridized carbons (Fsp3) is 0.130. The first-order valence-electron chi connectivity index (χ1n) is 9.33. The molecule has 2 aromatic heterocycles. The van der Waals surface area contributed by atoms with E-state index < -0.39 is 17.5 Å². The SMILES string of the molecule is CC#CN.CSCc1cc(F)cc(Nc2ncc(F)c(-c3ccc(F)c4ccoc34)n2)c1. The molecule has 32 heavy (non-hydrogen) atoms. The molecule has 0 radical (unpaired) electrons. The number of benzene rings is 2. The van der Waals surface area contributed by atoms with Gasteiger partial charge in [-0.15, -0.1) is 0 Å². The Bertz CT molecular complexity index is 1290. The van der Waals surface area contributed by atoms with Crippen LogP contribution in [0.4, 0.5) is 24.8 Å². The van der Waals surface area contributed by atoms with E-state index in [4.69, 9.17) is 4.42 Å². The minimum Gasteiger partial charge on any atom is -0.464 e. The topological polar surface area (TPSA) is 77.0 Å². The smallest absolute Gasteiger partial charge is 0.227 e. The second kappa shape index (κ2) is 10.6. The molecular weight excluding hydrogens is 437 g/mol. The van der Waals surface area contributed by atoms with Crippen LogP contribution in [0.5, 0.6) is 0 Å². The van der Waals surface area contributed by atoms with Crippen molar-refractivity contribution >= 4 is 34.4 Å². The molecule has 2 heterocycles. The molecule has 0 aliphatic heterocycles. The third-order valence-electron chi connectivity index (χ3n) is 4.23. The third kappa shape index (κ3) is 5.34. The van der Waals surface area contributed by atoms with Crippen LogP contribution < -0.4 is 11.1 Å². The first kappa shape index (κ1) is 23.0. The lowest BCUT2D eigenvalue weighted by Crippen LogP contribution is -2.01. The number of aromatic nitrogens is 2. The molecule has 0 bridgehead atoms. The average molecular weight is 456 g/mol. The second-order valence-electron chi connectivity index (χ2n) is 6.45. The maximum Gasteiger partial charge on any atom is 0.227 e. The fourth-order valence-electron chi connectivity index (χ4n) is 2.93. The number of nitrogens with zero attached hydrogens (tertiary/aromatic N) is 2. The van der Waals surface area contributed by atoms with Crippen LogP contribution in [0.25, 0.3) is 22.2 Å². The first-order chi connectivity index (χ1) is 15.5. The zero-order chi connectivity index (χ0) is 23.1. The molecule has 164 valence electrons. The molecule has 0 saturated heterocycles. The Labute approximate surface area is 187 Å². The summed E-state index contributed by atoms with van der Waals surface area (Å²) >= 11 is 1.57. The first-order valence-corrected chi connectivity index (χ1v) is 10.7. The van der Waals surface area contributed by atoms with Crippen LogP contribution in [0, 0.1) is 29.4 Å². The van der Waals surface area contributed by atoms with Crippen molar-refractivity contribution in [1.82, 2.24) is 9.97 Å². The summed E-state index contributed by atoms with van der Waals surface area (Å²) in [5, 5.41) is 3.12. The lowest BCUT2D eigenvalue weighted by molar-refractivity contribution is 0.605. The highest BCUT2D eigenvalue weighted by Gasteiger charge is 2.17. The second-order valence-corrected chi connectivity index (χ2v) is 7.32. The molecule has 3 N–H and O–H groups in total. The number of hydrogen-bond acceptors (Lipinski definition) is 6. The lowest BCUT2D eigenvalue weighted by Gasteiger charge is -2.10. The standard InChI is InChI=1S/C20H14F3N3OS.C3H5N/c1-28-10-11-6-12(21)8-13(7-11)25-20-24-9-17(23)18(26-20)15-2-3-16(22)14-4-5-27-19(14)15;1-2-3-4/h2-9H,10H2,1H3,(H,24,25,26);4H2,1H3. The van der Waals surface area contributed by atoms with Crippen LogP contribution >= 0.6 is 11.8 Å². The van der Waals surface area contributed by atoms with Crippen molar-refractivity contribution in [3.63, 3.8) is 0 Å². The summed E-state index contributed by atoms with van der Waals surface area (Å²) in [4.78, 5) is 8.12. The molecule has 5 nitrogen and oxygen atoms in total. The number of fused-ring (bicyclic) bond motifs is 1. The van der Waals surface area contributed by atoms with E-state index in [2.05, 4.69) is 33.0 Å². The van der Waals surface area contributed by atoms with Gasteiger partial charge in [0.25, 0.3) is 0 Å². The zero-order valence-corrected chi connectivity index (χ0v) is 18.1. The summed E-state index contributed by atoms with van der Waals surface area (Å²) in [6, 6.07) is 10.8. The quantitative estimate of drug-likeness (QED) is 0.290. The lowest BCUT2D eigenvalue weighted by atomic mass is 10.1. The van der Waals surface area contributed by atoms with E-state index in [1.165, 1.54) is 36.6 Å². The Balaban J connectivity index is 0.000000668. The van der Waals surface area contributed by atoms with Gasteiger partial charge in [0.2, 0.25) is 5.95 Å². The molecule has 0 aliphatic carbocycles. The van der Waals surface area contributed by atoms with Gasteiger partial charge < -0.3 is 15.5 Å². The molecule has 0 aliphatic rings. The van der Waals surface area contributed by atoms with Crippen LogP contribution in [0.2, 0.25) is 0 Å². The predicted molar refractivity (Wildman–Crippen MR) is 122 cm³/mol. The average Bonchev–Trinajstić information content (AvgIpc) is 3.27. The molecule has 0 amide bonds. The molecule has 9 heteroatoms. The van der Waals surface area contributed by atoms with Crippen molar-refractivity contribution in [2.24, 2.45) is 5.73 Å². The monoisotopic (exact) mass is 456 g/mol. The Hall–Kier alpha value is -3.64. The van der Waals surface area contributed by atoms with Gasteiger partial charge >= 0.3 is 0 Å². The number of furan rings is 1. The maximum atomic E-state index is 14.4. The van der Waals surface area contributed by atoms with Crippen molar-refractivity contribution in [3.8, 4) is 23.2 Å². The van der Waals surface area contributed by atoms with E-state index in [9.17, 15) is 13.2 Å². The van der Waals surface area contributed by atoms with Gasteiger partial charge in [0.15, 0.2) is 5.82 Å². The van der Waals surface area contributed by atoms with Gasteiger partial charge in [-0.3, -0.25) is 0 Å². The number of nitrogens with one attached hydrogen (secondary N) is 1. The molecule has 0 atom stereocenters. The van der Waals surface area contributed by atoms with Gasteiger partial charge in [-0.2, -0.15) is 11.8 Å². The highest BCUT2D eigenvalue weighted by molar-refractivity contribution is 7.97. The number of halogens is 3. The molecule has 2 aromatic carbocycles. The van der Waals surface area contributed by atoms with Gasteiger partial charge in [-0.05, 0) is 55.1 Å². The Morgan fingerprint density at radius 3 is 2.62 bits per heavy atom. The molecular formula is C23H19F3N4OS. The fourth-order valence-corrected chi connectivity index (χ4v) is 3.43. The summed E-state index contributed by atoms with van der Waals surface area (Å²) in [6.45, 7) is 1.69. The van der Waals surface area contributed by atoms with Crippen LogP contribution in [0.15, 0.2) is 53.3 Å². The molecule has 4 aromatic rings. The largest absolute Gasteiger partial charge is 0.464 e. The van der Waals surface area contributed by atoms with Crippen LogP contribution in [0.3, 0.4) is 0 Å². The minimum atomic E-state index is -0.683. The van der Waals surface area contributed by atoms with Gasteiger partial charge in [-0.1, -0.05) is 5.92 Å². The molecule has 0 saturated carbocycles. The summed E-state index contributed by atoms with van der Waals surface area (Å²) in [5.41, 5.74) is 6.36. The Morgan fingerprint density at radius 1 is 1.12 bits per heavy atom. The van der Waals surface area contributed by atoms with Crippen LogP contribution in [0.1, 0.15) is 12.5 Å². The number of thioether (sulfide) groups is 1. The summed E-state index contributed by atoms with van der Waals surface area (Å²) in [5.74, 6) is 1.64.